The summed E-state index contributed by atoms with van der Waals surface area (Å²) in [7, 11) is 0. The van der Waals surface area contributed by atoms with Crippen LogP contribution in [0.25, 0.3) is 118 Å². The van der Waals surface area contributed by atoms with E-state index in [1.807, 2.05) is 28.9 Å². The number of aromatic nitrogens is 2. The molecular weight excluding hydrogens is 717 g/mol. The normalized spacial score (nSPS) is 11.9. The molecule has 2 nitrogen and oxygen atoms in total. The molecule has 0 amide bonds. The molecule has 0 aliphatic rings. The van der Waals surface area contributed by atoms with Crippen LogP contribution in [0.3, 0.4) is 0 Å². The van der Waals surface area contributed by atoms with Crippen molar-refractivity contribution in [3.05, 3.63) is 182 Å². The summed E-state index contributed by atoms with van der Waals surface area (Å²) in [5.41, 5.74) is 11.1. The summed E-state index contributed by atoms with van der Waals surface area (Å²) in [6.07, 6.45) is 1.93. The Bertz CT molecular complexity index is 3370. The number of fused-ring (bicyclic) bond motifs is 12. The van der Waals surface area contributed by atoms with Crippen molar-refractivity contribution in [2.24, 2.45) is 0 Å². The van der Waals surface area contributed by atoms with Crippen LogP contribution in [0.1, 0.15) is 0 Å². The van der Waals surface area contributed by atoms with Crippen molar-refractivity contribution in [3.63, 3.8) is 0 Å². The zero-order chi connectivity index (χ0) is 36.7. The number of hydrogen-bond donors (Lipinski definition) is 0. The van der Waals surface area contributed by atoms with E-state index in [1.165, 1.54) is 84.5 Å². The van der Waals surface area contributed by atoms with Gasteiger partial charge in [-0.25, -0.2) is 4.98 Å². The first-order valence-corrected chi connectivity index (χ1v) is 20.5. The molecule has 0 bridgehead atoms. The molecule has 0 atom stereocenters. The summed E-state index contributed by atoms with van der Waals surface area (Å²) in [5, 5.41) is 9.87. The van der Waals surface area contributed by atoms with Crippen LogP contribution < -0.4 is 0 Å². The van der Waals surface area contributed by atoms with E-state index in [0.717, 1.165) is 33.1 Å². The van der Waals surface area contributed by atoms with Gasteiger partial charge in [0.15, 0.2) is 0 Å². The van der Waals surface area contributed by atoms with Gasteiger partial charge in [-0.15, -0.1) is 22.7 Å². The molecule has 0 N–H and O–H groups in total. The fraction of sp³-hybridized carbons (Fsp3) is 0. The van der Waals surface area contributed by atoms with Crippen LogP contribution in [0.4, 0.5) is 0 Å². The Morgan fingerprint density at radius 1 is 0.321 bits per heavy atom. The van der Waals surface area contributed by atoms with E-state index in [1.54, 1.807) is 0 Å². The first kappa shape index (κ1) is 31.6. The third-order valence-electron chi connectivity index (χ3n) is 11.3. The van der Waals surface area contributed by atoms with Crippen LogP contribution in [-0.2, 0) is 0 Å². The second-order valence-corrected chi connectivity index (χ2v) is 16.5. The highest BCUT2D eigenvalue weighted by Crippen LogP contribution is 2.48. The zero-order valence-electron chi connectivity index (χ0n) is 30.0. The smallest absolute Gasteiger partial charge is 0.0979 e. The lowest BCUT2D eigenvalue weighted by atomic mass is 9.86. The largest absolute Gasteiger partial charge is 0.252 e. The van der Waals surface area contributed by atoms with Crippen LogP contribution in [0.2, 0.25) is 0 Å². The van der Waals surface area contributed by atoms with Crippen LogP contribution in [0.5, 0.6) is 0 Å². The topological polar surface area (TPSA) is 25.8 Å². The van der Waals surface area contributed by atoms with E-state index in [9.17, 15) is 0 Å². The maximum Gasteiger partial charge on any atom is 0.0979 e. The van der Waals surface area contributed by atoms with Gasteiger partial charge in [-0.1, -0.05) is 164 Å². The first-order chi connectivity index (χ1) is 27.8. The number of nitrogens with zero attached hydrogens (tertiary/aromatic N) is 2. The Morgan fingerprint density at radius 3 is 1.32 bits per heavy atom. The molecule has 12 aromatic rings. The molecule has 0 saturated carbocycles. The fourth-order valence-corrected chi connectivity index (χ4v) is 11.3. The van der Waals surface area contributed by atoms with Crippen molar-refractivity contribution in [2.45, 2.75) is 0 Å². The van der Waals surface area contributed by atoms with Gasteiger partial charge in [0.1, 0.15) is 0 Å². The molecule has 0 aliphatic heterocycles. The standard InChI is InChI=1S/C52H30N2S2/c1-3-16-39-33(12-1)34-13-2-4-17-40(34)50-49(39)53-30-45(54-50)31-26-28-32(29-27-31)48-37(43-22-10-20-41-35-14-5-7-24-46(35)55-51(41)43)18-9-19-38(48)44-23-11-21-42-36-15-6-8-25-47(36)56-52(42)44/h1-30H. The van der Waals surface area contributed by atoms with Crippen LogP contribution >= 0.6 is 22.7 Å². The Labute approximate surface area is 330 Å². The van der Waals surface area contributed by atoms with E-state index < -0.39 is 0 Å². The monoisotopic (exact) mass is 746 g/mol. The van der Waals surface area contributed by atoms with Gasteiger partial charge in [0.2, 0.25) is 0 Å². The Hall–Kier alpha value is -6.72. The lowest BCUT2D eigenvalue weighted by Crippen LogP contribution is -1.93. The average molecular weight is 747 g/mol. The first-order valence-electron chi connectivity index (χ1n) is 18.9. The van der Waals surface area contributed by atoms with Gasteiger partial charge < -0.3 is 0 Å². The zero-order valence-corrected chi connectivity index (χ0v) is 31.7. The Balaban J connectivity index is 1.08. The van der Waals surface area contributed by atoms with Crippen molar-refractivity contribution in [1.29, 1.82) is 0 Å². The molecule has 4 heteroatoms. The molecule has 3 heterocycles. The lowest BCUT2D eigenvalue weighted by molar-refractivity contribution is 1.31. The van der Waals surface area contributed by atoms with Crippen LogP contribution in [0, 0.1) is 0 Å². The van der Waals surface area contributed by atoms with Crippen LogP contribution in [0.15, 0.2) is 182 Å². The number of hydrogen-bond acceptors (Lipinski definition) is 4. The third-order valence-corrected chi connectivity index (χ3v) is 13.8. The van der Waals surface area contributed by atoms with Gasteiger partial charge in [0, 0.05) is 67.8 Å². The second-order valence-electron chi connectivity index (χ2n) is 14.4. The van der Waals surface area contributed by atoms with Gasteiger partial charge in [-0.05, 0) is 45.2 Å². The molecular formula is C52H30N2S2. The van der Waals surface area contributed by atoms with Gasteiger partial charge in [0.25, 0.3) is 0 Å². The Morgan fingerprint density at radius 2 is 0.750 bits per heavy atom. The number of rotatable bonds is 4. The lowest BCUT2D eigenvalue weighted by Gasteiger charge is -2.18. The molecule has 3 aromatic heterocycles. The quantitative estimate of drug-likeness (QED) is 0.168. The molecule has 56 heavy (non-hydrogen) atoms. The Kier molecular flexibility index (Phi) is 7.00. The molecule has 0 radical (unpaired) electrons. The highest BCUT2D eigenvalue weighted by atomic mass is 32.1. The SMILES string of the molecule is c1cc(-c2cccc3c2sc2ccccc23)c(-c2ccc(-c3cnc4c5ccccc5c5ccccc5c4n3)cc2)c(-c2cccc3c2sc2ccccc23)c1. The molecule has 0 fully saturated rings. The highest BCUT2D eigenvalue weighted by molar-refractivity contribution is 7.26. The minimum Gasteiger partial charge on any atom is -0.252 e. The summed E-state index contributed by atoms with van der Waals surface area (Å²) in [4.78, 5) is 10.4. The summed E-state index contributed by atoms with van der Waals surface area (Å²) in [6, 6.07) is 64.0. The summed E-state index contributed by atoms with van der Waals surface area (Å²) in [6.45, 7) is 0. The van der Waals surface area contributed by atoms with E-state index in [4.69, 9.17) is 9.97 Å². The van der Waals surface area contributed by atoms with Gasteiger partial charge in [-0.2, -0.15) is 0 Å². The highest BCUT2D eigenvalue weighted by Gasteiger charge is 2.20. The average Bonchev–Trinajstić information content (AvgIpc) is 3.85. The van der Waals surface area contributed by atoms with E-state index in [0.29, 0.717) is 0 Å². The number of thiophene rings is 2. The van der Waals surface area contributed by atoms with E-state index >= 15 is 0 Å². The van der Waals surface area contributed by atoms with Crippen molar-refractivity contribution < 1.29 is 0 Å². The van der Waals surface area contributed by atoms with Crippen molar-refractivity contribution in [1.82, 2.24) is 9.97 Å². The third kappa shape index (κ3) is 4.73. The molecule has 12 rings (SSSR count). The summed E-state index contributed by atoms with van der Waals surface area (Å²) in [5.74, 6) is 0. The molecule has 9 aromatic carbocycles. The fourth-order valence-electron chi connectivity index (χ4n) is 8.80. The minimum atomic E-state index is 0.864. The molecule has 260 valence electrons. The second kappa shape index (κ2) is 12.4. The van der Waals surface area contributed by atoms with Crippen molar-refractivity contribution >= 4 is 95.6 Å². The predicted octanol–water partition coefficient (Wildman–Crippen LogP) is 15.3. The summed E-state index contributed by atoms with van der Waals surface area (Å²) < 4.78 is 5.25. The molecule has 0 saturated heterocycles. The maximum absolute atomic E-state index is 5.31. The van der Waals surface area contributed by atoms with Gasteiger partial charge >= 0.3 is 0 Å². The summed E-state index contributed by atoms with van der Waals surface area (Å²) >= 11 is 3.77. The van der Waals surface area contributed by atoms with Crippen LogP contribution in [-0.4, -0.2) is 9.97 Å². The van der Waals surface area contributed by atoms with E-state index in [-0.39, 0.29) is 0 Å². The minimum absolute atomic E-state index is 0.864. The predicted molar refractivity (Wildman–Crippen MR) is 242 cm³/mol. The van der Waals surface area contributed by atoms with Crippen molar-refractivity contribution in [3.8, 4) is 44.6 Å². The van der Waals surface area contributed by atoms with Gasteiger partial charge in [0.05, 0.1) is 22.9 Å². The van der Waals surface area contributed by atoms with E-state index in [2.05, 4.69) is 176 Å². The molecule has 0 aliphatic carbocycles. The van der Waals surface area contributed by atoms with Gasteiger partial charge in [-0.3, -0.25) is 4.98 Å². The number of benzene rings is 9. The molecule has 0 spiro atoms. The maximum atomic E-state index is 5.31. The molecule has 0 unspecified atom stereocenters. The van der Waals surface area contributed by atoms with Crippen molar-refractivity contribution in [2.75, 3.05) is 0 Å².